The highest BCUT2D eigenvalue weighted by Crippen LogP contribution is 2.19. The van der Waals surface area contributed by atoms with E-state index in [0.29, 0.717) is 12.5 Å². The Morgan fingerprint density at radius 3 is 2.38 bits per heavy atom. The van der Waals surface area contributed by atoms with Crippen LogP contribution in [-0.2, 0) is 4.79 Å². The molecule has 138 valence electrons. The van der Waals surface area contributed by atoms with Crippen LogP contribution in [-0.4, -0.2) is 74.0 Å². The van der Waals surface area contributed by atoms with Crippen molar-refractivity contribution in [3.05, 3.63) is 12.2 Å². The molecule has 1 saturated heterocycles. The number of hydrogen-bond donors (Lipinski definition) is 2. The zero-order chi connectivity index (χ0) is 18.2. The minimum absolute atomic E-state index is 0.0123. The van der Waals surface area contributed by atoms with Gasteiger partial charge in [0.15, 0.2) is 5.96 Å². The number of piperidine rings is 1. The Morgan fingerprint density at radius 1 is 1.21 bits per heavy atom. The first-order valence-electron chi connectivity index (χ1n) is 8.84. The van der Waals surface area contributed by atoms with E-state index in [9.17, 15) is 4.79 Å². The molecule has 0 spiro atoms. The predicted octanol–water partition coefficient (Wildman–Crippen LogP) is 1.45. The fraction of sp³-hybridized carbons (Fsp3) is 0.778. The predicted molar refractivity (Wildman–Crippen MR) is 101 cm³/mol. The monoisotopic (exact) mass is 337 g/mol. The number of carbonyl (C=O) groups excluding carboxylic acids is 1. The number of carbonyl (C=O) groups is 1. The second-order valence-corrected chi connectivity index (χ2v) is 7.48. The van der Waals surface area contributed by atoms with Crippen LogP contribution < -0.4 is 10.6 Å². The molecule has 0 saturated carbocycles. The maximum Gasteiger partial charge on any atom is 0.243 e. The normalized spacial score (nSPS) is 16.6. The Morgan fingerprint density at radius 2 is 1.83 bits per heavy atom. The Bertz CT molecular complexity index is 450. The lowest BCUT2D eigenvalue weighted by Gasteiger charge is -2.41. The maximum atomic E-state index is 11.8. The van der Waals surface area contributed by atoms with E-state index in [4.69, 9.17) is 0 Å². The molecule has 0 atom stereocenters. The van der Waals surface area contributed by atoms with Gasteiger partial charge < -0.3 is 15.5 Å². The molecule has 0 radical (unpaired) electrons. The summed E-state index contributed by atoms with van der Waals surface area (Å²) < 4.78 is 0. The van der Waals surface area contributed by atoms with Gasteiger partial charge in [0.25, 0.3) is 0 Å². The minimum atomic E-state index is -0.0123. The molecule has 0 unspecified atom stereocenters. The Balaban J connectivity index is 2.63. The molecule has 1 rings (SSSR count). The number of likely N-dealkylation sites (N-methyl/N-ethyl adjacent to an activating group) is 1. The second kappa shape index (κ2) is 9.67. The fourth-order valence-electron chi connectivity index (χ4n) is 2.61. The third kappa shape index (κ3) is 7.34. The molecule has 1 heterocycles. The van der Waals surface area contributed by atoms with Gasteiger partial charge in [-0.3, -0.25) is 9.69 Å². The number of likely N-dealkylation sites (tertiary alicyclic amines) is 1. The summed E-state index contributed by atoms with van der Waals surface area (Å²) in [4.78, 5) is 20.3. The quantitative estimate of drug-likeness (QED) is 0.419. The zero-order valence-electron chi connectivity index (χ0n) is 16.1. The Kier molecular flexibility index (Phi) is 8.25. The molecular formula is C18H35N5O. The van der Waals surface area contributed by atoms with Crippen molar-refractivity contribution in [2.45, 2.75) is 45.6 Å². The first kappa shape index (κ1) is 20.5. The SMILES string of the molecule is C=C(C)CNC(=NCC(=O)N(C)C)NCC(C)(C)N1CCCCC1. The van der Waals surface area contributed by atoms with E-state index >= 15 is 0 Å². The van der Waals surface area contributed by atoms with Crippen molar-refractivity contribution in [3.63, 3.8) is 0 Å². The van der Waals surface area contributed by atoms with Crippen LogP contribution in [0, 0.1) is 0 Å². The van der Waals surface area contributed by atoms with E-state index in [0.717, 1.165) is 25.2 Å². The molecule has 0 aromatic rings. The van der Waals surface area contributed by atoms with Crippen LogP contribution in [0.1, 0.15) is 40.0 Å². The smallest absolute Gasteiger partial charge is 0.243 e. The highest BCUT2D eigenvalue weighted by atomic mass is 16.2. The highest BCUT2D eigenvalue weighted by Gasteiger charge is 2.27. The molecule has 0 aliphatic carbocycles. The zero-order valence-corrected chi connectivity index (χ0v) is 16.1. The molecule has 1 amide bonds. The van der Waals surface area contributed by atoms with Crippen LogP contribution >= 0.6 is 0 Å². The number of aliphatic imine (C=N–C) groups is 1. The van der Waals surface area contributed by atoms with Gasteiger partial charge in [0.05, 0.1) is 0 Å². The first-order valence-corrected chi connectivity index (χ1v) is 8.84. The van der Waals surface area contributed by atoms with Crippen molar-refractivity contribution in [3.8, 4) is 0 Å². The number of guanidine groups is 1. The van der Waals surface area contributed by atoms with E-state index in [2.05, 4.69) is 41.0 Å². The Labute approximate surface area is 147 Å². The number of rotatable bonds is 7. The fourth-order valence-corrected chi connectivity index (χ4v) is 2.61. The third-order valence-corrected chi connectivity index (χ3v) is 4.33. The topological polar surface area (TPSA) is 60.0 Å². The van der Waals surface area contributed by atoms with Gasteiger partial charge in [0, 0.05) is 32.7 Å². The summed E-state index contributed by atoms with van der Waals surface area (Å²) in [6.07, 6.45) is 3.88. The summed E-state index contributed by atoms with van der Waals surface area (Å²) >= 11 is 0. The van der Waals surface area contributed by atoms with Crippen LogP contribution in [0.3, 0.4) is 0 Å². The molecule has 1 aliphatic rings. The molecule has 2 N–H and O–H groups in total. The largest absolute Gasteiger partial charge is 0.355 e. The molecular weight excluding hydrogens is 302 g/mol. The van der Waals surface area contributed by atoms with Gasteiger partial charge in [-0.25, -0.2) is 4.99 Å². The van der Waals surface area contributed by atoms with Gasteiger partial charge in [-0.15, -0.1) is 0 Å². The van der Waals surface area contributed by atoms with Gasteiger partial charge >= 0.3 is 0 Å². The first-order chi connectivity index (χ1) is 11.2. The highest BCUT2D eigenvalue weighted by molar-refractivity contribution is 5.84. The van der Waals surface area contributed by atoms with Gasteiger partial charge in [-0.1, -0.05) is 18.6 Å². The number of nitrogens with one attached hydrogen (secondary N) is 2. The van der Waals surface area contributed by atoms with Crippen LogP contribution in [0.5, 0.6) is 0 Å². The van der Waals surface area contributed by atoms with E-state index in [1.54, 1.807) is 19.0 Å². The van der Waals surface area contributed by atoms with E-state index in [1.165, 1.54) is 19.3 Å². The molecule has 6 heteroatoms. The van der Waals surface area contributed by atoms with Gasteiger partial charge in [-0.05, 0) is 46.7 Å². The standard InChI is InChI=1S/C18H35N5O/c1-15(2)12-19-17(20-13-16(24)22(5)6)21-14-18(3,4)23-10-8-7-9-11-23/h1,7-14H2,2-6H3,(H2,19,20,21). The van der Waals surface area contributed by atoms with Crippen LogP contribution in [0.4, 0.5) is 0 Å². The van der Waals surface area contributed by atoms with Crippen LogP contribution in [0.2, 0.25) is 0 Å². The van der Waals surface area contributed by atoms with E-state index in [1.807, 2.05) is 6.92 Å². The van der Waals surface area contributed by atoms with Crippen LogP contribution in [0.15, 0.2) is 17.1 Å². The average Bonchev–Trinajstić information content (AvgIpc) is 2.54. The summed E-state index contributed by atoms with van der Waals surface area (Å²) in [7, 11) is 3.48. The van der Waals surface area contributed by atoms with Gasteiger partial charge in [0.2, 0.25) is 5.91 Å². The lowest BCUT2D eigenvalue weighted by molar-refractivity contribution is -0.127. The molecule has 0 bridgehead atoms. The Hall–Kier alpha value is -1.56. The summed E-state index contributed by atoms with van der Waals surface area (Å²) in [5, 5.41) is 6.63. The van der Waals surface area contributed by atoms with E-state index in [-0.39, 0.29) is 18.0 Å². The van der Waals surface area contributed by atoms with Crippen molar-refractivity contribution in [2.24, 2.45) is 4.99 Å². The molecule has 1 fully saturated rings. The van der Waals surface area contributed by atoms with Crippen molar-refractivity contribution in [1.29, 1.82) is 0 Å². The van der Waals surface area contributed by atoms with Gasteiger partial charge in [0.1, 0.15) is 6.54 Å². The van der Waals surface area contributed by atoms with Crippen molar-refractivity contribution in [1.82, 2.24) is 20.4 Å². The van der Waals surface area contributed by atoms with Crippen molar-refractivity contribution in [2.75, 3.05) is 46.8 Å². The molecule has 0 aromatic carbocycles. The van der Waals surface area contributed by atoms with E-state index < -0.39 is 0 Å². The molecule has 6 nitrogen and oxygen atoms in total. The van der Waals surface area contributed by atoms with Crippen LogP contribution in [0.25, 0.3) is 0 Å². The summed E-state index contributed by atoms with van der Waals surface area (Å²) in [6, 6.07) is 0. The number of nitrogens with zero attached hydrogens (tertiary/aromatic N) is 3. The molecule has 24 heavy (non-hydrogen) atoms. The summed E-state index contributed by atoms with van der Waals surface area (Å²) in [5.74, 6) is 0.653. The van der Waals surface area contributed by atoms with Crippen molar-refractivity contribution >= 4 is 11.9 Å². The molecule has 0 aromatic heterocycles. The summed E-state index contributed by atoms with van der Waals surface area (Å²) in [5.41, 5.74) is 1.08. The molecule has 1 aliphatic heterocycles. The second-order valence-electron chi connectivity index (χ2n) is 7.48. The summed E-state index contributed by atoms with van der Waals surface area (Å²) in [6.45, 7) is 14.3. The average molecular weight is 338 g/mol. The third-order valence-electron chi connectivity index (χ3n) is 4.33. The number of amides is 1. The lowest BCUT2D eigenvalue weighted by Crippen LogP contribution is -2.55. The van der Waals surface area contributed by atoms with Gasteiger partial charge in [-0.2, -0.15) is 0 Å². The maximum absolute atomic E-state index is 11.8. The lowest BCUT2D eigenvalue weighted by atomic mass is 9.98. The van der Waals surface area contributed by atoms with Crippen molar-refractivity contribution < 1.29 is 4.79 Å². The minimum Gasteiger partial charge on any atom is -0.355 e. The number of hydrogen-bond acceptors (Lipinski definition) is 3.